The van der Waals surface area contributed by atoms with Gasteiger partial charge in [-0.25, -0.2) is 14.4 Å². The Morgan fingerprint density at radius 1 is 1.22 bits per heavy atom. The van der Waals surface area contributed by atoms with Crippen LogP contribution in [0.15, 0.2) is 40.8 Å². The molecule has 4 aliphatic rings. The molecule has 0 aromatic carbocycles. The van der Waals surface area contributed by atoms with Gasteiger partial charge in [-0.15, -0.1) is 0 Å². The zero-order chi connectivity index (χ0) is 33.4. The maximum absolute atomic E-state index is 16.7. The Kier molecular flexibility index (Phi) is 9.99. The number of anilines is 1. The average molecular weight is 678 g/mol. The summed E-state index contributed by atoms with van der Waals surface area (Å²) in [5.74, 6) is -2.67. The molecule has 1 aliphatic carbocycles. The number of nitrogens with zero attached hydrogens (tertiary/aromatic N) is 3. The Balaban J connectivity index is 1.52. The van der Waals surface area contributed by atoms with Crippen molar-refractivity contribution in [2.75, 3.05) is 25.0 Å². The van der Waals surface area contributed by atoms with E-state index in [0.29, 0.717) is 44.3 Å². The number of rotatable bonds is 8. The summed E-state index contributed by atoms with van der Waals surface area (Å²) < 4.78 is 22.7. The van der Waals surface area contributed by atoms with Crippen LogP contribution in [-0.4, -0.2) is 77.2 Å². The lowest BCUT2D eigenvalue weighted by Crippen LogP contribution is -2.62. The quantitative estimate of drug-likeness (QED) is 0.202. The van der Waals surface area contributed by atoms with E-state index in [1.54, 1.807) is 17.0 Å². The van der Waals surface area contributed by atoms with Gasteiger partial charge in [0.25, 0.3) is 5.91 Å². The molecule has 0 unspecified atom stereocenters. The number of aliphatic imine (C=N–C) groups is 1. The minimum atomic E-state index is -1.52. The van der Waals surface area contributed by atoms with Gasteiger partial charge in [0.15, 0.2) is 0 Å². The molecule has 5 atom stereocenters. The number of hydrogen-bond donors (Lipinski definition) is 3. The highest BCUT2D eigenvalue weighted by molar-refractivity contribution is 6.30. The molecule has 0 bridgehead atoms. The van der Waals surface area contributed by atoms with Gasteiger partial charge < -0.3 is 20.3 Å². The second-order valence-electron chi connectivity index (χ2n) is 13.5. The van der Waals surface area contributed by atoms with E-state index in [4.69, 9.17) is 27.9 Å². The largest absolute Gasteiger partial charge is 0.366 e. The maximum Gasteiger partial charge on any atom is 0.251 e. The fourth-order valence-electron chi connectivity index (χ4n) is 7.86. The molecule has 4 heterocycles. The number of amides is 3. The van der Waals surface area contributed by atoms with E-state index >= 15 is 4.39 Å². The van der Waals surface area contributed by atoms with Crippen LogP contribution in [0.2, 0.25) is 5.15 Å². The van der Waals surface area contributed by atoms with E-state index in [0.717, 1.165) is 18.9 Å². The summed E-state index contributed by atoms with van der Waals surface area (Å²) in [6.45, 7) is 13.0. The number of pyridine rings is 1. The van der Waals surface area contributed by atoms with Gasteiger partial charge in [-0.3, -0.25) is 19.7 Å². The Labute approximate surface area is 279 Å². The fraction of sp³-hybridized carbons (Fsp3) is 0.606. The van der Waals surface area contributed by atoms with Crippen molar-refractivity contribution in [2.24, 2.45) is 16.3 Å². The molecule has 3 amide bonds. The van der Waals surface area contributed by atoms with Crippen LogP contribution in [0.4, 0.5) is 10.2 Å². The molecule has 250 valence electrons. The van der Waals surface area contributed by atoms with Crippen LogP contribution in [0, 0.1) is 11.3 Å². The lowest BCUT2D eigenvalue weighted by Gasteiger charge is -2.50. The summed E-state index contributed by atoms with van der Waals surface area (Å²) in [7, 11) is 0. The minimum Gasteiger partial charge on any atom is -0.366 e. The van der Waals surface area contributed by atoms with Crippen molar-refractivity contribution in [1.29, 1.82) is 0 Å². The first-order valence-corrected chi connectivity index (χ1v) is 16.7. The number of likely N-dealkylation sites (N-methyl/N-ethyl adjacent to an activating group) is 1. The Bertz CT molecular complexity index is 1450. The van der Waals surface area contributed by atoms with Gasteiger partial charge in [-0.2, -0.15) is 0 Å². The first kappa shape index (κ1) is 34.5. The van der Waals surface area contributed by atoms with Crippen LogP contribution in [0.1, 0.15) is 71.8 Å². The number of hydrogen-bond acceptors (Lipinski definition) is 7. The number of fused-ring (bicyclic) bond motifs is 3. The lowest BCUT2D eigenvalue weighted by molar-refractivity contribution is -0.147. The Morgan fingerprint density at radius 2 is 1.91 bits per heavy atom. The third-order valence-corrected chi connectivity index (χ3v) is 10.6. The van der Waals surface area contributed by atoms with E-state index < -0.39 is 52.7 Å². The molecule has 13 heteroatoms. The second kappa shape index (κ2) is 13.3. The van der Waals surface area contributed by atoms with Crippen molar-refractivity contribution in [3.63, 3.8) is 0 Å². The molecular weight excluding hydrogens is 634 g/mol. The molecule has 46 heavy (non-hydrogen) atoms. The van der Waals surface area contributed by atoms with Crippen LogP contribution in [0.3, 0.4) is 0 Å². The van der Waals surface area contributed by atoms with Gasteiger partial charge in [-0.1, -0.05) is 49.7 Å². The zero-order valence-corrected chi connectivity index (χ0v) is 28.3. The average Bonchev–Trinajstić information content (AvgIpc) is 3.47. The highest BCUT2D eigenvalue weighted by atomic mass is 35.5. The summed E-state index contributed by atoms with van der Waals surface area (Å²) >= 11 is 12.0. The van der Waals surface area contributed by atoms with Crippen LogP contribution in [-0.2, 0) is 24.5 Å². The molecule has 1 aromatic heterocycles. The Morgan fingerprint density at radius 3 is 2.52 bits per heavy atom. The third-order valence-electron chi connectivity index (χ3n) is 10.3. The first-order chi connectivity index (χ1) is 21.8. The monoisotopic (exact) mass is 676 g/mol. The van der Waals surface area contributed by atoms with E-state index in [9.17, 15) is 14.4 Å². The first-order valence-electron chi connectivity index (χ1n) is 16.0. The predicted molar refractivity (Wildman–Crippen MR) is 176 cm³/mol. The van der Waals surface area contributed by atoms with Gasteiger partial charge in [0, 0.05) is 30.4 Å². The lowest BCUT2D eigenvalue weighted by atomic mass is 9.54. The number of allylic oxidation sites excluding steroid dienone is 1. The van der Waals surface area contributed by atoms with Crippen molar-refractivity contribution in [2.45, 2.75) is 95.4 Å². The van der Waals surface area contributed by atoms with E-state index in [-0.39, 0.29) is 34.1 Å². The van der Waals surface area contributed by atoms with E-state index in [1.807, 2.05) is 13.8 Å². The van der Waals surface area contributed by atoms with Crippen LogP contribution in [0.25, 0.3) is 0 Å². The standard InChI is InChI=1S/C33H43Cl2FN6O4/c1-6-42(7-2)29(44)23-10-8-20(18-46-23)38-28(43)26-25(22(36)12-17-37-19(3)34)33(32(41-26)15-13-31(4,5)14-16-32)21-9-11-24(35)39-27(21)40-30(33)45/h9,11-12,17,20,23,25-26,41H,3,6-8,10,13-16,18H2,1-2,4-5H3,(H,38,43)(H,39,40,45)/b22-12-,37-17-/t20-,23+,25+,26-,33-/m1/s1. The number of aromatic nitrogens is 1. The van der Waals surface area contributed by atoms with Gasteiger partial charge in [0.1, 0.15) is 33.5 Å². The summed E-state index contributed by atoms with van der Waals surface area (Å²) in [5.41, 5.74) is -1.99. The second-order valence-corrected chi connectivity index (χ2v) is 14.3. The normalized spacial score (nSPS) is 30.0. The molecule has 5 rings (SSSR count). The molecular formula is C33H43Cl2FN6O4. The zero-order valence-electron chi connectivity index (χ0n) is 26.8. The minimum absolute atomic E-state index is 0.000410. The van der Waals surface area contributed by atoms with Crippen molar-refractivity contribution >= 4 is 53.0 Å². The van der Waals surface area contributed by atoms with Crippen molar-refractivity contribution < 1.29 is 23.5 Å². The van der Waals surface area contributed by atoms with Gasteiger partial charge in [0.2, 0.25) is 11.8 Å². The number of halogens is 3. The smallest absolute Gasteiger partial charge is 0.251 e. The van der Waals surface area contributed by atoms with Crippen molar-refractivity contribution in [3.8, 4) is 0 Å². The van der Waals surface area contributed by atoms with Crippen molar-refractivity contribution in [3.05, 3.63) is 46.5 Å². The van der Waals surface area contributed by atoms with Crippen LogP contribution < -0.4 is 16.0 Å². The fourth-order valence-corrected chi connectivity index (χ4v) is 8.07. The molecule has 10 nitrogen and oxygen atoms in total. The topological polar surface area (TPSA) is 125 Å². The molecule has 3 N–H and O–H groups in total. The van der Waals surface area contributed by atoms with Crippen LogP contribution >= 0.6 is 23.2 Å². The molecule has 0 radical (unpaired) electrons. The third kappa shape index (κ3) is 6.11. The van der Waals surface area contributed by atoms with Gasteiger partial charge in [0.05, 0.1) is 24.6 Å². The highest BCUT2D eigenvalue weighted by Crippen LogP contribution is 2.62. The highest BCUT2D eigenvalue weighted by Gasteiger charge is 2.73. The summed E-state index contributed by atoms with van der Waals surface area (Å²) in [6.07, 6.45) is 5.26. The number of nitrogens with one attached hydrogen (secondary N) is 3. The maximum atomic E-state index is 16.7. The SMILES string of the molecule is C=C(Cl)/N=C\C=C(/F)[C@H]1[C@H](C(=O)N[C@@H]2CC[C@@H](C(=O)N(CC)CC)OC2)NC2(CCC(C)(C)CC2)[C@@]12C(=O)Nc1nc(Cl)ccc12. The summed E-state index contributed by atoms with van der Waals surface area (Å²) in [6, 6.07) is 1.77. The summed E-state index contributed by atoms with van der Waals surface area (Å²) in [4.78, 5) is 51.5. The number of ether oxygens (including phenoxy) is 1. The van der Waals surface area contributed by atoms with Gasteiger partial charge in [-0.05, 0) is 69.9 Å². The predicted octanol–water partition coefficient (Wildman–Crippen LogP) is 5.02. The number of carbonyl (C=O) groups excluding carboxylic acids is 3. The van der Waals surface area contributed by atoms with E-state index in [1.165, 1.54) is 6.21 Å². The van der Waals surface area contributed by atoms with Crippen LogP contribution in [0.5, 0.6) is 0 Å². The van der Waals surface area contributed by atoms with Gasteiger partial charge >= 0.3 is 0 Å². The molecule has 2 spiro atoms. The molecule has 2 saturated heterocycles. The Hall–Kier alpha value is -2.86. The molecule has 1 saturated carbocycles. The molecule has 1 aromatic rings. The molecule has 3 aliphatic heterocycles. The molecule has 3 fully saturated rings. The van der Waals surface area contributed by atoms with Crippen molar-refractivity contribution in [1.82, 2.24) is 20.5 Å². The number of carbonyl (C=O) groups is 3. The van der Waals surface area contributed by atoms with E-state index in [2.05, 4.69) is 46.4 Å². The summed E-state index contributed by atoms with van der Waals surface area (Å²) in [5, 5.41) is 9.60.